The molecule has 0 saturated heterocycles. The third-order valence-corrected chi connectivity index (χ3v) is 6.76. The molecule has 0 spiro atoms. The van der Waals surface area contributed by atoms with Gasteiger partial charge in [-0.3, -0.25) is 9.36 Å². The second-order valence-corrected chi connectivity index (χ2v) is 8.56. The van der Waals surface area contributed by atoms with Crippen LogP contribution in [0.2, 0.25) is 0 Å². The van der Waals surface area contributed by atoms with Crippen molar-refractivity contribution in [2.45, 2.75) is 4.90 Å². The van der Waals surface area contributed by atoms with Crippen molar-refractivity contribution in [3.8, 4) is 0 Å². The summed E-state index contributed by atoms with van der Waals surface area (Å²) in [6.45, 7) is 0. The monoisotopic (exact) mass is 392 g/mol. The van der Waals surface area contributed by atoms with E-state index in [2.05, 4.69) is 28.2 Å². The minimum atomic E-state index is -0.0411. The van der Waals surface area contributed by atoms with E-state index in [1.54, 1.807) is 28.9 Å². The average molecular weight is 393 g/mol. The SMILES string of the molecule is CN(C)c1ccnc2sc3c(=O)n(C4=CCSc5ccccc54)cnc3c12. The lowest BCUT2D eigenvalue weighted by Gasteiger charge is -2.18. The molecular weight excluding hydrogens is 376 g/mol. The van der Waals surface area contributed by atoms with Crippen LogP contribution in [0.1, 0.15) is 5.56 Å². The van der Waals surface area contributed by atoms with Gasteiger partial charge >= 0.3 is 0 Å². The molecule has 1 aliphatic rings. The van der Waals surface area contributed by atoms with E-state index in [1.807, 2.05) is 37.2 Å². The van der Waals surface area contributed by atoms with E-state index >= 15 is 0 Å². The highest BCUT2D eigenvalue weighted by Crippen LogP contribution is 2.37. The topological polar surface area (TPSA) is 51.0 Å². The molecule has 134 valence electrons. The summed E-state index contributed by atoms with van der Waals surface area (Å²) in [7, 11) is 3.97. The van der Waals surface area contributed by atoms with Crippen LogP contribution in [0.5, 0.6) is 0 Å². The van der Waals surface area contributed by atoms with Crippen molar-refractivity contribution in [1.29, 1.82) is 0 Å². The number of benzene rings is 1. The summed E-state index contributed by atoms with van der Waals surface area (Å²) in [5.74, 6) is 0.843. The molecule has 0 saturated carbocycles. The molecule has 0 unspecified atom stereocenters. The van der Waals surface area contributed by atoms with Gasteiger partial charge in [-0.15, -0.1) is 23.1 Å². The zero-order valence-electron chi connectivity index (χ0n) is 14.8. The first kappa shape index (κ1) is 16.5. The highest BCUT2D eigenvalue weighted by molar-refractivity contribution is 7.99. The van der Waals surface area contributed by atoms with E-state index < -0.39 is 0 Å². The van der Waals surface area contributed by atoms with Crippen molar-refractivity contribution >= 4 is 54.9 Å². The molecule has 1 aromatic carbocycles. The maximum Gasteiger partial charge on any atom is 0.275 e. The number of fused-ring (bicyclic) bond motifs is 4. The van der Waals surface area contributed by atoms with Gasteiger partial charge in [0.1, 0.15) is 15.9 Å². The summed E-state index contributed by atoms with van der Waals surface area (Å²) in [6.07, 6.45) is 5.53. The van der Waals surface area contributed by atoms with Gasteiger partial charge in [0.15, 0.2) is 0 Å². The lowest BCUT2D eigenvalue weighted by Crippen LogP contribution is -2.21. The number of thiophene rings is 1. The Morgan fingerprint density at radius 1 is 1.15 bits per heavy atom. The van der Waals surface area contributed by atoms with Crippen LogP contribution in [0.4, 0.5) is 5.69 Å². The van der Waals surface area contributed by atoms with E-state index in [1.165, 1.54) is 16.2 Å². The maximum absolute atomic E-state index is 13.3. The van der Waals surface area contributed by atoms with Crippen LogP contribution in [0.15, 0.2) is 58.6 Å². The average Bonchev–Trinajstić information content (AvgIpc) is 3.07. The fourth-order valence-corrected chi connectivity index (χ4v) is 5.40. The first-order valence-corrected chi connectivity index (χ1v) is 10.3. The van der Waals surface area contributed by atoms with Crippen LogP contribution in [-0.2, 0) is 0 Å². The highest BCUT2D eigenvalue weighted by atomic mass is 32.2. The number of anilines is 1. The first-order valence-electron chi connectivity index (χ1n) is 8.54. The predicted molar refractivity (Wildman–Crippen MR) is 114 cm³/mol. The largest absolute Gasteiger partial charge is 0.377 e. The number of thioether (sulfide) groups is 1. The Morgan fingerprint density at radius 3 is 2.85 bits per heavy atom. The third-order valence-electron chi connectivity index (χ3n) is 4.68. The van der Waals surface area contributed by atoms with Gasteiger partial charge in [-0.25, -0.2) is 9.97 Å². The molecular formula is C20H16N4OS2. The second-order valence-electron chi connectivity index (χ2n) is 6.50. The molecule has 5 nitrogen and oxygen atoms in total. The van der Waals surface area contributed by atoms with Gasteiger partial charge in [0.25, 0.3) is 5.56 Å². The van der Waals surface area contributed by atoms with Crippen molar-refractivity contribution in [1.82, 2.24) is 14.5 Å². The lowest BCUT2D eigenvalue weighted by atomic mass is 10.1. The van der Waals surface area contributed by atoms with E-state index in [-0.39, 0.29) is 5.56 Å². The van der Waals surface area contributed by atoms with Crippen molar-refractivity contribution in [3.05, 3.63) is 64.8 Å². The molecule has 0 radical (unpaired) electrons. The van der Waals surface area contributed by atoms with Gasteiger partial charge in [0.2, 0.25) is 0 Å². The number of hydrogen-bond donors (Lipinski definition) is 0. The van der Waals surface area contributed by atoms with Crippen LogP contribution in [0.25, 0.3) is 26.1 Å². The fourth-order valence-electron chi connectivity index (χ4n) is 3.43. The molecule has 3 aromatic heterocycles. The number of pyridine rings is 1. The van der Waals surface area contributed by atoms with E-state index in [4.69, 9.17) is 0 Å². The van der Waals surface area contributed by atoms with Crippen molar-refractivity contribution in [2.75, 3.05) is 24.7 Å². The van der Waals surface area contributed by atoms with Gasteiger partial charge < -0.3 is 4.90 Å². The van der Waals surface area contributed by atoms with Gasteiger partial charge in [-0.1, -0.05) is 18.2 Å². The summed E-state index contributed by atoms with van der Waals surface area (Å²) in [5.41, 5.74) is 3.69. The standard InChI is InChI=1S/C20H16N4OS2/c1-23(2)14-7-9-21-19-16(14)17-18(27-19)20(25)24(11-22-17)13-8-10-26-15-6-4-3-5-12(13)15/h3-9,11H,10H2,1-2H3. The van der Waals surface area contributed by atoms with Crippen molar-refractivity contribution < 1.29 is 0 Å². The molecule has 0 atom stereocenters. The normalized spacial score (nSPS) is 13.6. The molecule has 0 N–H and O–H groups in total. The molecule has 7 heteroatoms. The summed E-state index contributed by atoms with van der Waals surface area (Å²) < 4.78 is 2.32. The van der Waals surface area contributed by atoms with Gasteiger partial charge in [0.05, 0.1) is 22.3 Å². The van der Waals surface area contributed by atoms with Crippen molar-refractivity contribution in [2.24, 2.45) is 0 Å². The maximum atomic E-state index is 13.3. The molecule has 0 amide bonds. The van der Waals surface area contributed by atoms with Crippen LogP contribution in [-0.4, -0.2) is 34.4 Å². The van der Waals surface area contributed by atoms with Crippen LogP contribution in [0, 0.1) is 0 Å². The lowest BCUT2D eigenvalue weighted by molar-refractivity contribution is 0.982. The fraction of sp³-hybridized carbons (Fsp3) is 0.150. The summed E-state index contributed by atoms with van der Waals surface area (Å²) in [6, 6.07) is 10.1. The predicted octanol–water partition coefficient (Wildman–Crippen LogP) is 4.07. The molecule has 0 aliphatic carbocycles. The molecule has 0 bridgehead atoms. The van der Waals surface area contributed by atoms with Gasteiger partial charge in [-0.05, 0) is 18.2 Å². The zero-order chi connectivity index (χ0) is 18.5. The second kappa shape index (κ2) is 6.21. The van der Waals surface area contributed by atoms with Gasteiger partial charge in [-0.2, -0.15) is 0 Å². The van der Waals surface area contributed by atoms with E-state index in [0.717, 1.165) is 38.4 Å². The zero-order valence-corrected chi connectivity index (χ0v) is 16.5. The number of aromatic nitrogens is 3. The van der Waals surface area contributed by atoms with E-state index in [9.17, 15) is 4.79 Å². The Kier molecular flexibility index (Phi) is 3.80. The van der Waals surface area contributed by atoms with Crippen LogP contribution < -0.4 is 10.5 Å². The minimum absolute atomic E-state index is 0.0411. The molecule has 0 fully saturated rings. The van der Waals surface area contributed by atoms with Gasteiger partial charge in [0, 0.05) is 36.5 Å². The van der Waals surface area contributed by atoms with Crippen LogP contribution >= 0.6 is 23.1 Å². The summed E-state index contributed by atoms with van der Waals surface area (Å²) in [4.78, 5) is 26.5. The number of nitrogens with zero attached hydrogens (tertiary/aromatic N) is 4. The van der Waals surface area contributed by atoms with Crippen LogP contribution in [0.3, 0.4) is 0 Å². The number of rotatable bonds is 2. The summed E-state index contributed by atoms with van der Waals surface area (Å²) in [5, 5.41) is 0.945. The number of hydrogen-bond acceptors (Lipinski definition) is 6. The Hall–Kier alpha value is -2.64. The Labute approximate surface area is 164 Å². The smallest absolute Gasteiger partial charge is 0.275 e. The molecule has 4 heterocycles. The first-order chi connectivity index (χ1) is 13.1. The van der Waals surface area contributed by atoms with E-state index in [0.29, 0.717) is 4.70 Å². The quantitative estimate of drug-likeness (QED) is 0.515. The molecule has 1 aliphatic heterocycles. The van der Waals surface area contributed by atoms with Crippen molar-refractivity contribution in [3.63, 3.8) is 0 Å². The Morgan fingerprint density at radius 2 is 2.00 bits per heavy atom. The molecule has 5 rings (SSSR count). The summed E-state index contributed by atoms with van der Waals surface area (Å²) >= 11 is 3.19. The minimum Gasteiger partial charge on any atom is -0.377 e. The Balaban J connectivity index is 1.79. The Bertz CT molecular complexity index is 1290. The molecule has 4 aromatic rings. The molecule has 27 heavy (non-hydrogen) atoms. The third kappa shape index (κ3) is 2.49. The highest BCUT2D eigenvalue weighted by Gasteiger charge is 2.20.